The molecule has 2 atom stereocenters. The Morgan fingerprint density at radius 2 is 2.23 bits per heavy atom. The Morgan fingerprint density at radius 1 is 1.45 bits per heavy atom. The van der Waals surface area contributed by atoms with Crippen LogP contribution < -0.4 is 5.32 Å². The summed E-state index contributed by atoms with van der Waals surface area (Å²) in [5.74, 6) is 1.37. The molecule has 0 spiro atoms. The van der Waals surface area contributed by atoms with Crippen LogP contribution in [-0.2, 0) is 11.3 Å². The fourth-order valence-electron chi connectivity index (χ4n) is 3.35. The van der Waals surface area contributed by atoms with Gasteiger partial charge < -0.3 is 10.4 Å². The van der Waals surface area contributed by atoms with Crippen LogP contribution in [0.25, 0.3) is 0 Å². The Kier molecular flexibility index (Phi) is 6.26. The summed E-state index contributed by atoms with van der Waals surface area (Å²) >= 11 is 1.82. The van der Waals surface area contributed by atoms with Crippen LogP contribution in [-0.4, -0.2) is 41.7 Å². The van der Waals surface area contributed by atoms with Gasteiger partial charge in [0.15, 0.2) is 0 Å². The highest BCUT2D eigenvalue weighted by Crippen LogP contribution is 2.42. The Morgan fingerprint density at radius 3 is 2.82 bits per heavy atom. The van der Waals surface area contributed by atoms with Gasteiger partial charge in [-0.25, -0.2) is 0 Å². The van der Waals surface area contributed by atoms with E-state index in [1.807, 2.05) is 11.3 Å². The Bertz CT molecular complexity index is 504. The van der Waals surface area contributed by atoms with Crippen LogP contribution in [0.2, 0.25) is 0 Å². The Labute approximate surface area is 142 Å². The van der Waals surface area contributed by atoms with Crippen LogP contribution in [0.5, 0.6) is 0 Å². The van der Waals surface area contributed by atoms with Gasteiger partial charge in [0.2, 0.25) is 5.91 Å². The standard InChI is InChI=1S/C16H24N2O2S.ClH/c1-11-5-7-21-15(11)10-18-8-13(12-2-3-12)14(9-18)17-16(20)4-6-19;/h5,7,12-14,19H,2-4,6,8-10H2,1H3,(H,17,20);1H/t13-,14+;/m1./s1. The summed E-state index contributed by atoms with van der Waals surface area (Å²) in [6.07, 6.45) is 2.84. The molecule has 1 saturated heterocycles. The van der Waals surface area contributed by atoms with Crippen LogP contribution >= 0.6 is 23.7 Å². The predicted octanol–water partition coefficient (Wildman–Crippen LogP) is 2.19. The normalized spacial score (nSPS) is 25.0. The molecule has 1 aromatic rings. The summed E-state index contributed by atoms with van der Waals surface area (Å²) in [6, 6.07) is 2.44. The summed E-state index contributed by atoms with van der Waals surface area (Å²) in [6.45, 7) is 5.13. The van der Waals surface area contributed by atoms with Crippen molar-refractivity contribution in [1.82, 2.24) is 10.2 Å². The summed E-state index contributed by atoms with van der Waals surface area (Å²) in [7, 11) is 0. The molecule has 4 nitrogen and oxygen atoms in total. The number of hydrogen-bond donors (Lipinski definition) is 2. The average molecular weight is 345 g/mol. The van der Waals surface area contributed by atoms with Gasteiger partial charge in [0.25, 0.3) is 0 Å². The minimum atomic E-state index is -0.0647. The van der Waals surface area contributed by atoms with Gasteiger partial charge in [-0.3, -0.25) is 9.69 Å². The van der Waals surface area contributed by atoms with Crippen molar-refractivity contribution in [1.29, 1.82) is 0 Å². The molecule has 1 aliphatic carbocycles. The van der Waals surface area contributed by atoms with Crippen molar-refractivity contribution in [3.05, 3.63) is 21.9 Å². The molecular formula is C16H25ClN2O2S. The highest BCUT2D eigenvalue weighted by Gasteiger charge is 2.42. The summed E-state index contributed by atoms with van der Waals surface area (Å²) in [5, 5.41) is 14.2. The van der Waals surface area contributed by atoms with Gasteiger partial charge in [0.05, 0.1) is 6.61 Å². The lowest BCUT2D eigenvalue weighted by atomic mass is 9.98. The highest BCUT2D eigenvalue weighted by molar-refractivity contribution is 7.10. The van der Waals surface area contributed by atoms with Crippen molar-refractivity contribution in [2.24, 2.45) is 11.8 Å². The number of likely N-dealkylation sites (tertiary alicyclic amines) is 1. The van der Waals surface area contributed by atoms with E-state index < -0.39 is 0 Å². The lowest BCUT2D eigenvalue weighted by Gasteiger charge is -2.19. The molecule has 124 valence electrons. The number of nitrogens with one attached hydrogen (secondary N) is 1. The first-order valence-corrected chi connectivity index (χ1v) is 8.71. The number of aliphatic hydroxyl groups excluding tert-OH is 1. The quantitative estimate of drug-likeness (QED) is 0.831. The van der Waals surface area contributed by atoms with E-state index in [4.69, 9.17) is 5.11 Å². The zero-order chi connectivity index (χ0) is 14.8. The monoisotopic (exact) mass is 344 g/mol. The second-order valence-corrected chi connectivity index (χ2v) is 7.37. The van der Waals surface area contributed by atoms with E-state index in [0.717, 1.165) is 25.6 Å². The molecular weight excluding hydrogens is 320 g/mol. The Hall–Kier alpha value is -0.620. The second-order valence-electron chi connectivity index (χ2n) is 6.37. The van der Waals surface area contributed by atoms with E-state index in [9.17, 15) is 4.79 Å². The van der Waals surface area contributed by atoms with Crippen molar-refractivity contribution in [2.45, 2.75) is 38.8 Å². The third-order valence-electron chi connectivity index (χ3n) is 4.69. The highest BCUT2D eigenvalue weighted by atomic mass is 35.5. The van der Waals surface area contributed by atoms with Crippen molar-refractivity contribution >= 4 is 29.7 Å². The molecule has 1 amide bonds. The lowest BCUT2D eigenvalue weighted by molar-refractivity contribution is -0.122. The molecule has 0 radical (unpaired) electrons. The van der Waals surface area contributed by atoms with Crippen LogP contribution in [0.1, 0.15) is 29.7 Å². The predicted molar refractivity (Wildman–Crippen MR) is 91.4 cm³/mol. The fourth-order valence-corrected chi connectivity index (χ4v) is 4.29. The molecule has 1 aromatic heterocycles. The van der Waals surface area contributed by atoms with Gasteiger partial charge in [0, 0.05) is 37.0 Å². The van der Waals surface area contributed by atoms with Gasteiger partial charge in [-0.05, 0) is 48.6 Å². The van der Waals surface area contributed by atoms with Crippen LogP contribution in [0, 0.1) is 18.8 Å². The number of carbonyl (C=O) groups is 1. The summed E-state index contributed by atoms with van der Waals surface area (Å²) in [5.41, 5.74) is 1.37. The third kappa shape index (κ3) is 4.22. The van der Waals surface area contributed by atoms with E-state index in [0.29, 0.717) is 5.92 Å². The smallest absolute Gasteiger partial charge is 0.222 e. The van der Waals surface area contributed by atoms with Gasteiger partial charge in [0.1, 0.15) is 0 Å². The SMILES string of the molecule is Cc1ccsc1CN1C[C@H](NC(=O)CCO)[C@@H](C2CC2)C1.Cl. The fraction of sp³-hybridized carbons (Fsp3) is 0.688. The van der Waals surface area contributed by atoms with E-state index in [1.54, 1.807) is 0 Å². The van der Waals surface area contributed by atoms with Crippen LogP contribution in [0.4, 0.5) is 0 Å². The topological polar surface area (TPSA) is 52.6 Å². The number of hydrogen-bond acceptors (Lipinski definition) is 4. The Balaban J connectivity index is 0.00000176. The number of halogens is 1. The largest absolute Gasteiger partial charge is 0.396 e. The first kappa shape index (κ1) is 17.7. The van der Waals surface area contributed by atoms with Crippen molar-refractivity contribution < 1.29 is 9.90 Å². The molecule has 0 unspecified atom stereocenters. The first-order chi connectivity index (χ1) is 10.2. The van der Waals surface area contributed by atoms with E-state index >= 15 is 0 Å². The number of aliphatic hydroxyl groups is 1. The van der Waals surface area contributed by atoms with E-state index in [-0.39, 0.29) is 37.4 Å². The molecule has 6 heteroatoms. The van der Waals surface area contributed by atoms with E-state index in [2.05, 4.69) is 28.6 Å². The van der Waals surface area contributed by atoms with Crippen LogP contribution in [0.3, 0.4) is 0 Å². The van der Waals surface area contributed by atoms with Crippen molar-refractivity contribution in [2.75, 3.05) is 19.7 Å². The minimum absolute atomic E-state index is 0. The zero-order valence-corrected chi connectivity index (χ0v) is 14.6. The summed E-state index contributed by atoms with van der Waals surface area (Å²) < 4.78 is 0. The number of thiophene rings is 1. The van der Waals surface area contributed by atoms with Gasteiger partial charge in [-0.15, -0.1) is 23.7 Å². The molecule has 0 aromatic carbocycles. The molecule has 22 heavy (non-hydrogen) atoms. The zero-order valence-electron chi connectivity index (χ0n) is 13.0. The molecule has 2 heterocycles. The molecule has 2 aliphatic rings. The van der Waals surface area contributed by atoms with Crippen molar-refractivity contribution in [3.63, 3.8) is 0 Å². The minimum Gasteiger partial charge on any atom is -0.396 e. The molecule has 1 aliphatic heterocycles. The molecule has 3 rings (SSSR count). The number of rotatable bonds is 6. The number of aryl methyl sites for hydroxylation is 1. The van der Waals surface area contributed by atoms with Crippen LogP contribution in [0.15, 0.2) is 11.4 Å². The van der Waals surface area contributed by atoms with Gasteiger partial charge in [-0.2, -0.15) is 0 Å². The molecule has 2 N–H and O–H groups in total. The van der Waals surface area contributed by atoms with E-state index in [1.165, 1.54) is 23.3 Å². The van der Waals surface area contributed by atoms with Crippen molar-refractivity contribution in [3.8, 4) is 0 Å². The van der Waals surface area contributed by atoms with Gasteiger partial charge in [-0.1, -0.05) is 0 Å². The average Bonchev–Trinajstić information content (AvgIpc) is 3.10. The summed E-state index contributed by atoms with van der Waals surface area (Å²) in [4.78, 5) is 15.7. The lowest BCUT2D eigenvalue weighted by Crippen LogP contribution is -2.41. The molecule has 1 saturated carbocycles. The second kappa shape index (κ2) is 7.77. The molecule has 2 fully saturated rings. The maximum atomic E-state index is 11.8. The maximum Gasteiger partial charge on any atom is 0.222 e. The maximum absolute atomic E-state index is 11.8. The molecule has 0 bridgehead atoms. The number of nitrogens with zero attached hydrogens (tertiary/aromatic N) is 1. The number of amides is 1. The first-order valence-electron chi connectivity index (χ1n) is 7.83. The van der Waals surface area contributed by atoms with Gasteiger partial charge >= 0.3 is 0 Å². The number of carbonyl (C=O) groups excluding carboxylic acids is 1. The third-order valence-corrected chi connectivity index (χ3v) is 5.70.